The third kappa shape index (κ3) is 4.61. The van der Waals surface area contributed by atoms with E-state index in [1.165, 1.54) is 22.0 Å². The zero-order valence-electron chi connectivity index (χ0n) is 17.1. The van der Waals surface area contributed by atoms with E-state index in [0.29, 0.717) is 19.5 Å². The van der Waals surface area contributed by atoms with Gasteiger partial charge in [-0.1, -0.05) is 30.7 Å². The lowest BCUT2D eigenvalue weighted by Crippen LogP contribution is -2.52. The van der Waals surface area contributed by atoms with Gasteiger partial charge in [0.05, 0.1) is 10.9 Å². The highest BCUT2D eigenvalue weighted by Crippen LogP contribution is 2.29. The number of benzene rings is 1. The zero-order valence-corrected chi connectivity index (χ0v) is 18.7. The number of piperidine rings is 1. The Morgan fingerprint density at radius 3 is 2.47 bits per heavy atom. The highest BCUT2D eigenvalue weighted by atomic mass is 32.2. The summed E-state index contributed by atoms with van der Waals surface area (Å²) in [5.41, 5.74) is 0. The number of amides is 1. The van der Waals surface area contributed by atoms with Crippen molar-refractivity contribution < 1.29 is 13.2 Å². The molecule has 0 bridgehead atoms. The Labute approximate surface area is 182 Å². The van der Waals surface area contributed by atoms with E-state index in [1.54, 1.807) is 41.7 Å². The maximum atomic E-state index is 13.2. The van der Waals surface area contributed by atoms with E-state index in [-0.39, 0.29) is 16.8 Å². The summed E-state index contributed by atoms with van der Waals surface area (Å²) < 4.78 is 27.8. The van der Waals surface area contributed by atoms with Gasteiger partial charge in [-0.2, -0.15) is 4.31 Å². The Morgan fingerprint density at radius 2 is 1.77 bits per heavy atom. The van der Waals surface area contributed by atoms with Crippen LogP contribution < -0.4 is 5.32 Å². The molecular formula is C22H29N3O3S2. The van der Waals surface area contributed by atoms with E-state index >= 15 is 0 Å². The predicted octanol–water partition coefficient (Wildman–Crippen LogP) is 3.24. The number of nitrogens with one attached hydrogen (secondary N) is 1. The molecule has 1 N–H and O–H groups in total. The van der Waals surface area contributed by atoms with E-state index in [4.69, 9.17) is 0 Å². The summed E-state index contributed by atoms with van der Waals surface area (Å²) in [6.07, 6.45) is 4.56. The fourth-order valence-electron chi connectivity index (χ4n) is 4.44. The second kappa shape index (κ2) is 9.60. The number of rotatable bonds is 7. The Kier molecular flexibility index (Phi) is 6.87. The number of carbonyl (C=O) groups excluding carboxylic acids is 1. The van der Waals surface area contributed by atoms with Crippen LogP contribution in [-0.4, -0.2) is 55.8 Å². The molecule has 1 aromatic heterocycles. The van der Waals surface area contributed by atoms with Gasteiger partial charge in [-0.25, -0.2) is 8.42 Å². The first-order chi connectivity index (χ1) is 14.6. The highest BCUT2D eigenvalue weighted by molar-refractivity contribution is 7.89. The molecule has 8 heteroatoms. The fourth-order valence-corrected chi connectivity index (χ4v) is 6.98. The number of nitrogens with zero attached hydrogens (tertiary/aromatic N) is 2. The number of likely N-dealkylation sites (tertiary alicyclic amines) is 1. The van der Waals surface area contributed by atoms with Crippen molar-refractivity contribution in [2.45, 2.75) is 49.1 Å². The Balaban J connectivity index is 1.48. The third-order valence-corrected chi connectivity index (χ3v) is 8.92. The molecule has 0 saturated carbocycles. The van der Waals surface area contributed by atoms with Gasteiger partial charge >= 0.3 is 0 Å². The lowest BCUT2D eigenvalue weighted by Gasteiger charge is -2.34. The fraction of sp³-hybridized carbons (Fsp3) is 0.500. The van der Waals surface area contributed by atoms with Gasteiger partial charge in [0.15, 0.2) is 0 Å². The van der Waals surface area contributed by atoms with Crippen molar-refractivity contribution in [3.63, 3.8) is 0 Å². The highest BCUT2D eigenvalue weighted by Gasteiger charge is 2.38. The van der Waals surface area contributed by atoms with Crippen molar-refractivity contribution in [3.8, 4) is 0 Å². The lowest BCUT2D eigenvalue weighted by molar-refractivity contribution is -0.125. The monoisotopic (exact) mass is 447 g/mol. The summed E-state index contributed by atoms with van der Waals surface area (Å²) in [6, 6.07) is 12.1. The molecule has 2 aliphatic heterocycles. The molecule has 0 radical (unpaired) electrons. The van der Waals surface area contributed by atoms with E-state index in [0.717, 1.165) is 25.9 Å². The molecule has 2 fully saturated rings. The molecule has 3 heterocycles. The van der Waals surface area contributed by atoms with E-state index < -0.39 is 16.1 Å². The quantitative estimate of drug-likeness (QED) is 0.707. The van der Waals surface area contributed by atoms with Crippen LogP contribution in [0.25, 0.3) is 0 Å². The first kappa shape index (κ1) is 21.5. The van der Waals surface area contributed by atoms with Crippen LogP contribution in [0.2, 0.25) is 0 Å². The van der Waals surface area contributed by atoms with E-state index in [2.05, 4.69) is 21.7 Å². The molecule has 2 aliphatic rings. The van der Waals surface area contributed by atoms with Gasteiger partial charge in [-0.05, 0) is 62.4 Å². The van der Waals surface area contributed by atoms with Crippen molar-refractivity contribution in [2.24, 2.45) is 0 Å². The van der Waals surface area contributed by atoms with Crippen molar-refractivity contribution in [1.82, 2.24) is 14.5 Å². The van der Waals surface area contributed by atoms with Gasteiger partial charge < -0.3 is 5.32 Å². The van der Waals surface area contributed by atoms with Crippen LogP contribution >= 0.6 is 11.3 Å². The predicted molar refractivity (Wildman–Crippen MR) is 119 cm³/mol. The van der Waals surface area contributed by atoms with E-state index in [9.17, 15) is 13.2 Å². The minimum absolute atomic E-state index is 0.152. The second-order valence-corrected chi connectivity index (χ2v) is 10.8. The summed E-state index contributed by atoms with van der Waals surface area (Å²) in [5.74, 6) is -0.185. The molecule has 2 saturated heterocycles. The van der Waals surface area contributed by atoms with Crippen LogP contribution in [0.4, 0.5) is 0 Å². The van der Waals surface area contributed by atoms with E-state index in [1.807, 2.05) is 6.07 Å². The Morgan fingerprint density at radius 1 is 1.03 bits per heavy atom. The first-order valence-corrected chi connectivity index (χ1v) is 13.0. The minimum atomic E-state index is -3.69. The minimum Gasteiger partial charge on any atom is -0.353 e. The normalized spacial score (nSPS) is 22.1. The summed E-state index contributed by atoms with van der Waals surface area (Å²) >= 11 is 1.71. The number of thiophene rings is 1. The SMILES string of the molecule is O=C(NCC(c1cccs1)N1CCCC1)C1CCCCN1S(=O)(=O)c1ccccc1. The van der Waals surface area contributed by atoms with Crippen molar-refractivity contribution in [1.29, 1.82) is 0 Å². The average molecular weight is 448 g/mol. The zero-order chi connectivity index (χ0) is 21.0. The molecular weight excluding hydrogens is 418 g/mol. The van der Waals surface area contributed by atoms with Crippen molar-refractivity contribution >= 4 is 27.3 Å². The number of hydrogen-bond donors (Lipinski definition) is 1. The summed E-state index contributed by atoms with van der Waals surface area (Å²) in [6.45, 7) is 2.97. The second-order valence-electron chi connectivity index (χ2n) is 7.96. The number of sulfonamides is 1. The largest absolute Gasteiger partial charge is 0.353 e. The van der Waals surface area contributed by atoms with Crippen molar-refractivity contribution in [3.05, 3.63) is 52.7 Å². The number of carbonyl (C=O) groups is 1. The standard InChI is InChI=1S/C22H29N3O3S2/c26-22(23-17-20(21-12-8-16-29-21)24-13-6-7-14-24)19-11-4-5-15-25(19)30(27,28)18-9-2-1-3-10-18/h1-3,8-10,12,16,19-20H,4-7,11,13-15,17H2,(H,23,26). The van der Waals surface area contributed by atoms with Gasteiger partial charge in [0.1, 0.15) is 6.04 Å². The molecule has 1 amide bonds. The molecule has 2 unspecified atom stereocenters. The average Bonchev–Trinajstić information content (AvgIpc) is 3.49. The van der Waals surface area contributed by atoms with Crippen molar-refractivity contribution in [2.75, 3.05) is 26.2 Å². The van der Waals surface area contributed by atoms with Crippen LogP contribution in [0.1, 0.15) is 43.0 Å². The Bertz CT molecular complexity index is 926. The molecule has 30 heavy (non-hydrogen) atoms. The molecule has 4 rings (SSSR count). The Hall–Kier alpha value is -1.74. The van der Waals surface area contributed by atoms with Gasteiger partial charge in [-0.15, -0.1) is 11.3 Å². The topological polar surface area (TPSA) is 69.7 Å². The molecule has 2 aromatic rings. The summed E-state index contributed by atoms with van der Waals surface area (Å²) in [5, 5.41) is 5.16. The van der Waals surface area contributed by atoms with Crippen LogP contribution in [0.5, 0.6) is 0 Å². The smallest absolute Gasteiger partial charge is 0.243 e. The molecule has 162 valence electrons. The van der Waals surface area contributed by atoms with Gasteiger partial charge in [0.2, 0.25) is 15.9 Å². The van der Waals surface area contributed by atoms with Gasteiger partial charge in [-0.3, -0.25) is 9.69 Å². The van der Waals surface area contributed by atoms with Crippen LogP contribution in [0.3, 0.4) is 0 Å². The first-order valence-electron chi connectivity index (χ1n) is 10.7. The maximum absolute atomic E-state index is 13.2. The molecule has 0 spiro atoms. The molecule has 0 aliphatic carbocycles. The van der Waals surface area contributed by atoms with Crippen LogP contribution in [0, 0.1) is 0 Å². The van der Waals surface area contributed by atoms with Gasteiger partial charge in [0, 0.05) is 18.0 Å². The molecule has 6 nitrogen and oxygen atoms in total. The summed E-state index contributed by atoms with van der Waals surface area (Å²) in [7, 11) is -3.69. The maximum Gasteiger partial charge on any atom is 0.243 e. The van der Waals surface area contributed by atoms with Crippen LogP contribution in [0.15, 0.2) is 52.7 Å². The molecule has 2 atom stereocenters. The van der Waals surface area contributed by atoms with Crippen LogP contribution in [-0.2, 0) is 14.8 Å². The summed E-state index contributed by atoms with van der Waals surface area (Å²) in [4.78, 5) is 17.1. The number of hydrogen-bond acceptors (Lipinski definition) is 5. The van der Waals surface area contributed by atoms with Gasteiger partial charge in [0.25, 0.3) is 0 Å². The lowest BCUT2D eigenvalue weighted by atomic mass is 10.0. The molecule has 1 aromatic carbocycles. The third-order valence-electron chi connectivity index (χ3n) is 6.03.